The van der Waals surface area contributed by atoms with Gasteiger partial charge in [-0.05, 0) is 23.5 Å². The Hall–Kier alpha value is -1.56. The Labute approximate surface area is 91.6 Å². The molecule has 0 fully saturated rings. The average molecular weight is 195 g/mol. The number of rotatable bonds is 3. The molecule has 1 atom stereocenters. The Balaban J connectivity index is 2.08. The highest BCUT2D eigenvalue weighted by Crippen LogP contribution is 2.21. The van der Waals surface area contributed by atoms with Gasteiger partial charge in [-0.1, -0.05) is 67.6 Å². The van der Waals surface area contributed by atoms with Gasteiger partial charge in [-0.3, -0.25) is 0 Å². The number of benzene rings is 2. The molecule has 2 aromatic carbocycles. The van der Waals surface area contributed by atoms with Gasteiger partial charge >= 0.3 is 0 Å². The van der Waals surface area contributed by atoms with Crippen molar-refractivity contribution in [2.45, 2.75) is 12.8 Å². The molecule has 0 aliphatic carbocycles. The van der Waals surface area contributed by atoms with Crippen LogP contribution in [0, 0.1) is 6.42 Å². The topological polar surface area (TPSA) is 0 Å². The molecule has 0 N–H and O–H groups in total. The molecule has 15 heavy (non-hydrogen) atoms. The lowest BCUT2D eigenvalue weighted by molar-refractivity contribution is 0.904. The zero-order valence-electron chi connectivity index (χ0n) is 8.93. The van der Waals surface area contributed by atoms with Crippen LogP contribution in [0.4, 0.5) is 0 Å². The van der Waals surface area contributed by atoms with Gasteiger partial charge in [0.25, 0.3) is 0 Å². The first-order valence-corrected chi connectivity index (χ1v) is 5.31. The molecule has 0 aliphatic rings. The third-order valence-corrected chi connectivity index (χ3v) is 2.57. The first-order chi connectivity index (χ1) is 7.36. The lowest BCUT2D eigenvalue weighted by Gasteiger charge is -2.11. The summed E-state index contributed by atoms with van der Waals surface area (Å²) in [5.41, 5.74) is 2.65. The highest BCUT2D eigenvalue weighted by molar-refractivity contribution is 5.30. The van der Waals surface area contributed by atoms with Crippen molar-refractivity contribution in [2.75, 3.05) is 0 Å². The zero-order chi connectivity index (χ0) is 10.5. The summed E-state index contributed by atoms with van der Waals surface area (Å²) >= 11 is 0. The Morgan fingerprint density at radius 3 is 1.93 bits per heavy atom. The van der Waals surface area contributed by atoms with Gasteiger partial charge in [0.15, 0.2) is 0 Å². The summed E-state index contributed by atoms with van der Waals surface area (Å²) < 4.78 is 0. The van der Waals surface area contributed by atoms with Crippen LogP contribution in [0.3, 0.4) is 0 Å². The maximum Gasteiger partial charge on any atom is -0.00211 e. The molecule has 0 heteroatoms. The summed E-state index contributed by atoms with van der Waals surface area (Å²) in [5.74, 6) is 0.466. The SMILES string of the molecule is CC([CH]c1ccccc1)c1ccccc1. The Kier molecular flexibility index (Phi) is 3.18. The van der Waals surface area contributed by atoms with Crippen molar-refractivity contribution in [3.05, 3.63) is 78.2 Å². The van der Waals surface area contributed by atoms with Crippen molar-refractivity contribution in [1.82, 2.24) is 0 Å². The van der Waals surface area contributed by atoms with E-state index in [1.807, 2.05) is 6.07 Å². The summed E-state index contributed by atoms with van der Waals surface area (Å²) in [6.45, 7) is 2.22. The van der Waals surface area contributed by atoms with Crippen LogP contribution in [0.15, 0.2) is 60.7 Å². The van der Waals surface area contributed by atoms with Gasteiger partial charge in [0.05, 0.1) is 0 Å². The monoisotopic (exact) mass is 195 g/mol. The predicted molar refractivity (Wildman–Crippen MR) is 64.7 cm³/mol. The molecule has 1 unspecified atom stereocenters. The van der Waals surface area contributed by atoms with Crippen LogP contribution in [-0.2, 0) is 0 Å². The van der Waals surface area contributed by atoms with E-state index in [1.54, 1.807) is 0 Å². The van der Waals surface area contributed by atoms with Crippen LogP contribution in [0.5, 0.6) is 0 Å². The largest absolute Gasteiger partial charge is 0.0622 e. The second-order valence-electron chi connectivity index (χ2n) is 3.78. The van der Waals surface area contributed by atoms with Crippen molar-refractivity contribution in [3.8, 4) is 0 Å². The van der Waals surface area contributed by atoms with Crippen LogP contribution in [0.1, 0.15) is 24.0 Å². The molecule has 0 bridgehead atoms. The minimum absolute atomic E-state index is 0.466. The molecular weight excluding hydrogens is 180 g/mol. The van der Waals surface area contributed by atoms with Crippen molar-refractivity contribution in [3.63, 3.8) is 0 Å². The standard InChI is InChI=1S/C15H15/c1-13(15-10-6-3-7-11-15)12-14-8-4-2-5-9-14/h2-13H,1H3. The molecule has 0 spiro atoms. The molecule has 0 saturated carbocycles. The zero-order valence-corrected chi connectivity index (χ0v) is 8.93. The van der Waals surface area contributed by atoms with Gasteiger partial charge in [-0.15, -0.1) is 0 Å². The van der Waals surface area contributed by atoms with Gasteiger partial charge in [0.1, 0.15) is 0 Å². The fourth-order valence-electron chi connectivity index (χ4n) is 1.71. The second-order valence-corrected chi connectivity index (χ2v) is 3.78. The van der Waals surface area contributed by atoms with Crippen LogP contribution >= 0.6 is 0 Å². The molecular formula is C15H15. The van der Waals surface area contributed by atoms with Crippen molar-refractivity contribution in [1.29, 1.82) is 0 Å². The van der Waals surface area contributed by atoms with Crippen molar-refractivity contribution < 1.29 is 0 Å². The summed E-state index contributed by atoms with van der Waals surface area (Å²) in [5, 5.41) is 0. The smallest absolute Gasteiger partial charge is 0.00211 e. The average Bonchev–Trinajstić information content (AvgIpc) is 2.31. The predicted octanol–water partition coefficient (Wildman–Crippen LogP) is 4.04. The molecule has 2 rings (SSSR count). The lowest BCUT2D eigenvalue weighted by atomic mass is 9.94. The van der Waals surface area contributed by atoms with Gasteiger partial charge in [-0.2, -0.15) is 0 Å². The van der Waals surface area contributed by atoms with E-state index in [1.165, 1.54) is 11.1 Å². The fraction of sp³-hybridized carbons (Fsp3) is 0.133. The molecule has 2 aromatic rings. The van der Waals surface area contributed by atoms with Crippen LogP contribution in [-0.4, -0.2) is 0 Å². The van der Waals surface area contributed by atoms with E-state index in [-0.39, 0.29) is 0 Å². The Morgan fingerprint density at radius 2 is 1.33 bits per heavy atom. The van der Waals surface area contributed by atoms with E-state index in [9.17, 15) is 0 Å². The molecule has 75 valence electrons. The van der Waals surface area contributed by atoms with Crippen LogP contribution < -0.4 is 0 Å². The van der Waals surface area contributed by atoms with E-state index < -0.39 is 0 Å². The van der Waals surface area contributed by atoms with E-state index in [4.69, 9.17) is 0 Å². The van der Waals surface area contributed by atoms with Crippen LogP contribution in [0.2, 0.25) is 0 Å². The lowest BCUT2D eigenvalue weighted by Crippen LogP contribution is -1.95. The normalized spacial score (nSPS) is 12.3. The van der Waals surface area contributed by atoms with Gasteiger partial charge in [-0.25, -0.2) is 0 Å². The van der Waals surface area contributed by atoms with E-state index in [0.29, 0.717) is 5.92 Å². The third-order valence-electron chi connectivity index (χ3n) is 2.57. The Bertz CT molecular complexity index is 389. The first kappa shape index (κ1) is 9.97. The highest BCUT2D eigenvalue weighted by Gasteiger charge is 2.05. The Morgan fingerprint density at radius 1 is 0.800 bits per heavy atom. The molecule has 0 aliphatic heterocycles. The second kappa shape index (κ2) is 4.79. The first-order valence-electron chi connectivity index (χ1n) is 5.31. The minimum Gasteiger partial charge on any atom is -0.0622 e. The quantitative estimate of drug-likeness (QED) is 0.693. The maximum atomic E-state index is 2.29. The highest BCUT2D eigenvalue weighted by atomic mass is 14.1. The molecule has 0 nitrogen and oxygen atoms in total. The molecule has 0 aromatic heterocycles. The number of hydrogen-bond donors (Lipinski definition) is 0. The molecule has 0 heterocycles. The van der Waals surface area contributed by atoms with Crippen LogP contribution in [0.25, 0.3) is 0 Å². The fourth-order valence-corrected chi connectivity index (χ4v) is 1.71. The van der Waals surface area contributed by atoms with Crippen molar-refractivity contribution >= 4 is 0 Å². The summed E-state index contributed by atoms with van der Waals surface area (Å²) in [7, 11) is 0. The van der Waals surface area contributed by atoms with E-state index in [2.05, 4.69) is 67.9 Å². The minimum atomic E-state index is 0.466. The molecule has 0 amide bonds. The maximum absolute atomic E-state index is 2.29. The van der Waals surface area contributed by atoms with Crippen molar-refractivity contribution in [2.24, 2.45) is 0 Å². The summed E-state index contributed by atoms with van der Waals surface area (Å²) in [6, 6.07) is 21.0. The van der Waals surface area contributed by atoms with E-state index >= 15 is 0 Å². The van der Waals surface area contributed by atoms with Gasteiger partial charge in [0.2, 0.25) is 0 Å². The van der Waals surface area contributed by atoms with Gasteiger partial charge in [0, 0.05) is 0 Å². The van der Waals surface area contributed by atoms with E-state index in [0.717, 1.165) is 0 Å². The molecule has 1 radical (unpaired) electrons. The molecule has 0 saturated heterocycles. The van der Waals surface area contributed by atoms with Gasteiger partial charge < -0.3 is 0 Å². The summed E-state index contributed by atoms with van der Waals surface area (Å²) in [6.07, 6.45) is 2.29. The third kappa shape index (κ3) is 2.69. The number of hydrogen-bond acceptors (Lipinski definition) is 0. The summed E-state index contributed by atoms with van der Waals surface area (Å²) in [4.78, 5) is 0.